The highest BCUT2D eigenvalue weighted by molar-refractivity contribution is 5.36. The summed E-state index contributed by atoms with van der Waals surface area (Å²) in [7, 11) is 0. The first-order chi connectivity index (χ1) is 11.7. The summed E-state index contributed by atoms with van der Waals surface area (Å²) in [5, 5.41) is 10.4. The van der Waals surface area contributed by atoms with Gasteiger partial charge in [-0.1, -0.05) is 43.3 Å². The lowest BCUT2D eigenvalue weighted by atomic mass is 9.90. The molecule has 2 unspecified atom stereocenters. The molecular weight excluding hydrogens is 312 g/mol. The average Bonchev–Trinajstić information content (AvgIpc) is 2.61. The van der Waals surface area contributed by atoms with Gasteiger partial charge in [0.15, 0.2) is 0 Å². The number of hydrogen-bond acceptors (Lipinski definition) is 6. The van der Waals surface area contributed by atoms with Crippen LogP contribution in [0.25, 0.3) is 0 Å². The van der Waals surface area contributed by atoms with Gasteiger partial charge in [0.25, 0.3) is 6.47 Å². The summed E-state index contributed by atoms with van der Waals surface area (Å²) in [6.07, 6.45) is 0.635. The normalized spacial score (nSPS) is 30.2. The predicted octanol–water partition coefficient (Wildman–Crippen LogP) is 2.02. The van der Waals surface area contributed by atoms with Crippen LogP contribution in [0.1, 0.15) is 19.4 Å². The summed E-state index contributed by atoms with van der Waals surface area (Å²) in [5.41, 5.74) is 1.02. The van der Waals surface area contributed by atoms with Gasteiger partial charge in [-0.3, -0.25) is 4.79 Å². The monoisotopic (exact) mass is 336 g/mol. The van der Waals surface area contributed by atoms with Crippen LogP contribution in [0.5, 0.6) is 0 Å². The third-order valence-corrected chi connectivity index (χ3v) is 3.98. The minimum atomic E-state index is -0.823. The maximum Gasteiger partial charge on any atom is 0.293 e. The maximum absolute atomic E-state index is 10.4. The zero-order valence-electron chi connectivity index (χ0n) is 13.9. The molecule has 1 aliphatic rings. The fraction of sp³-hybridized carbons (Fsp3) is 0.500. The van der Waals surface area contributed by atoms with Gasteiger partial charge in [-0.2, -0.15) is 0 Å². The summed E-state index contributed by atoms with van der Waals surface area (Å²) in [5.74, 6) is -0.252. The third-order valence-electron chi connectivity index (χ3n) is 3.98. The molecule has 6 nitrogen and oxygen atoms in total. The average molecular weight is 336 g/mol. The minimum absolute atomic E-state index is 0.0316. The summed E-state index contributed by atoms with van der Waals surface area (Å²) in [6.45, 7) is 4.38. The lowest BCUT2D eigenvalue weighted by molar-refractivity contribution is -0.285. The molecule has 0 aromatic heterocycles. The van der Waals surface area contributed by atoms with Crippen LogP contribution < -0.4 is 0 Å². The van der Waals surface area contributed by atoms with Crippen molar-refractivity contribution in [2.75, 3.05) is 6.61 Å². The lowest BCUT2D eigenvalue weighted by Gasteiger charge is -2.42. The molecule has 0 spiro atoms. The van der Waals surface area contributed by atoms with Crippen molar-refractivity contribution < 1.29 is 28.8 Å². The Morgan fingerprint density at radius 3 is 2.71 bits per heavy atom. The van der Waals surface area contributed by atoms with Crippen LogP contribution in [0.4, 0.5) is 0 Å². The topological polar surface area (TPSA) is 74.2 Å². The number of ether oxygens (including phenoxy) is 4. The predicted molar refractivity (Wildman–Crippen MR) is 86.8 cm³/mol. The van der Waals surface area contributed by atoms with E-state index in [9.17, 15) is 9.90 Å². The molecule has 1 aromatic rings. The smallest absolute Gasteiger partial charge is 0.293 e. The van der Waals surface area contributed by atoms with E-state index in [-0.39, 0.29) is 12.5 Å². The molecule has 0 saturated carbocycles. The molecule has 6 heteroatoms. The molecule has 132 valence electrons. The van der Waals surface area contributed by atoms with Crippen molar-refractivity contribution in [1.82, 2.24) is 0 Å². The van der Waals surface area contributed by atoms with Crippen molar-refractivity contribution >= 4 is 6.47 Å². The molecule has 1 saturated heterocycles. The number of carbonyl (C=O) groups is 1. The van der Waals surface area contributed by atoms with Crippen molar-refractivity contribution in [1.29, 1.82) is 0 Å². The first kappa shape index (κ1) is 18.4. The molecule has 1 aromatic carbocycles. The number of rotatable bonds is 8. The quantitative estimate of drug-likeness (QED) is 0.578. The zero-order chi connectivity index (χ0) is 17.4. The van der Waals surface area contributed by atoms with Gasteiger partial charge < -0.3 is 24.1 Å². The molecule has 0 aliphatic carbocycles. The molecule has 1 N–H and O–H groups in total. The standard InChI is InChI=1S/C18H24O6/c1-3-9-22-18-17(23-10-14-7-5-4-6-8-14)13(2)16(20)15(24-18)11-21-12-19/h3-9,12-13,15-18,20H,10-11H2,1-2H3/b9-3+/t13-,15?,16-,17?,18+/m0/s1. The van der Waals surface area contributed by atoms with Gasteiger partial charge in [-0.25, -0.2) is 0 Å². The highest BCUT2D eigenvalue weighted by atomic mass is 16.7. The van der Waals surface area contributed by atoms with Gasteiger partial charge >= 0.3 is 0 Å². The van der Waals surface area contributed by atoms with Crippen LogP contribution in [-0.2, 0) is 30.3 Å². The van der Waals surface area contributed by atoms with Gasteiger partial charge in [-0.15, -0.1) is 0 Å². The van der Waals surface area contributed by atoms with Crippen LogP contribution in [0.2, 0.25) is 0 Å². The van der Waals surface area contributed by atoms with Crippen molar-refractivity contribution in [3.05, 3.63) is 48.2 Å². The number of allylic oxidation sites excluding steroid dienone is 1. The van der Waals surface area contributed by atoms with Gasteiger partial charge in [0, 0.05) is 5.92 Å². The molecular formula is C18H24O6. The zero-order valence-corrected chi connectivity index (χ0v) is 13.9. The van der Waals surface area contributed by atoms with Crippen LogP contribution >= 0.6 is 0 Å². The molecule has 1 fully saturated rings. The Morgan fingerprint density at radius 2 is 2.04 bits per heavy atom. The van der Waals surface area contributed by atoms with Gasteiger partial charge in [-0.05, 0) is 12.5 Å². The van der Waals surface area contributed by atoms with E-state index in [1.54, 1.807) is 6.08 Å². The van der Waals surface area contributed by atoms with E-state index in [2.05, 4.69) is 0 Å². The van der Waals surface area contributed by atoms with Gasteiger partial charge in [0.2, 0.25) is 6.29 Å². The van der Waals surface area contributed by atoms with Crippen molar-refractivity contribution in [3.63, 3.8) is 0 Å². The first-order valence-electron chi connectivity index (χ1n) is 7.98. The van der Waals surface area contributed by atoms with Crippen molar-refractivity contribution in [3.8, 4) is 0 Å². The molecule has 0 amide bonds. The second kappa shape index (κ2) is 9.42. The van der Waals surface area contributed by atoms with Crippen molar-refractivity contribution in [2.24, 2.45) is 5.92 Å². The Balaban J connectivity index is 2.05. The van der Waals surface area contributed by atoms with E-state index in [4.69, 9.17) is 18.9 Å². The van der Waals surface area contributed by atoms with Gasteiger partial charge in [0.1, 0.15) is 18.8 Å². The summed E-state index contributed by atoms with van der Waals surface area (Å²) in [6, 6.07) is 9.75. The molecule has 5 atom stereocenters. The highest BCUT2D eigenvalue weighted by Gasteiger charge is 2.44. The van der Waals surface area contributed by atoms with E-state index in [1.165, 1.54) is 6.26 Å². The Labute approximate surface area is 142 Å². The minimum Gasteiger partial charge on any atom is -0.470 e. The molecule has 1 aliphatic heterocycles. The maximum atomic E-state index is 10.4. The SMILES string of the molecule is C/C=C/O[C@@H]1OC(COC=O)[C@@H](O)[C@H](C)C1OCc1ccccc1. The van der Waals surface area contributed by atoms with Crippen molar-refractivity contribution in [2.45, 2.75) is 45.1 Å². The molecule has 0 bridgehead atoms. The Bertz CT molecular complexity index is 518. The fourth-order valence-electron chi connectivity index (χ4n) is 2.65. The number of benzene rings is 1. The summed E-state index contributed by atoms with van der Waals surface area (Å²) in [4.78, 5) is 10.4. The van der Waals surface area contributed by atoms with E-state index >= 15 is 0 Å². The van der Waals surface area contributed by atoms with Crippen LogP contribution in [0.3, 0.4) is 0 Å². The van der Waals surface area contributed by atoms with E-state index in [1.807, 2.05) is 44.2 Å². The lowest BCUT2D eigenvalue weighted by Crippen LogP contribution is -2.55. The Kier molecular flexibility index (Phi) is 7.24. The molecule has 0 radical (unpaired) electrons. The summed E-state index contributed by atoms with van der Waals surface area (Å²) < 4.78 is 22.0. The van der Waals surface area contributed by atoms with E-state index < -0.39 is 24.6 Å². The second-order valence-electron chi connectivity index (χ2n) is 5.69. The van der Waals surface area contributed by atoms with Gasteiger partial charge in [0.05, 0.1) is 19.0 Å². The third kappa shape index (κ3) is 4.80. The van der Waals surface area contributed by atoms with E-state index in [0.29, 0.717) is 13.1 Å². The van der Waals surface area contributed by atoms with Crippen LogP contribution in [0.15, 0.2) is 42.7 Å². The van der Waals surface area contributed by atoms with Crippen LogP contribution in [-0.4, -0.2) is 42.8 Å². The molecule has 24 heavy (non-hydrogen) atoms. The number of aliphatic hydroxyl groups excluding tert-OH is 1. The Morgan fingerprint density at radius 1 is 1.29 bits per heavy atom. The number of hydrogen-bond donors (Lipinski definition) is 1. The first-order valence-corrected chi connectivity index (χ1v) is 7.98. The van der Waals surface area contributed by atoms with Crippen LogP contribution in [0, 0.1) is 5.92 Å². The fourth-order valence-corrected chi connectivity index (χ4v) is 2.65. The Hall–Kier alpha value is -1.89. The summed E-state index contributed by atoms with van der Waals surface area (Å²) >= 11 is 0. The largest absolute Gasteiger partial charge is 0.470 e. The number of carbonyl (C=O) groups excluding carboxylic acids is 1. The highest BCUT2D eigenvalue weighted by Crippen LogP contribution is 2.30. The number of aliphatic hydroxyl groups is 1. The van der Waals surface area contributed by atoms with E-state index in [0.717, 1.165) is 5.56 Å². The second-order valence-corrected chi connectivity index (χ2v) is 5.69. The molecule has 1 heterocycles. The molecule has 2 rings (SSSR count).